The van der Waals surface area contributed by atoms with E-state index in [2.05, 4.69) is 13.8 Å². The van der Waals surface area contributed by atoms with Gasteiger partial charge >= 0.3 is 0 Å². The lowest BCUT2D eigenvalue weighted by Gasteiger charge is -2.15. The summed E-state index contributed by atoms with van der Waals surface area (Å²) in [6, 6.07) is 4.02. The van der Waals surface area contributed by atoms with Gasteiger partial charge in [-0.05, 0) is 38.3 Å². The third kappa shape index (κ3) is 3.16. The zero-order chi connectivity index (χ0) is 12.0. The average Bonchev–Trinajstić information content (AvgIpc) is 2.27. The number of hydrogen-bond donors (Lipinski definition) is 1. The lowest BCUT2D eigenvalue weighted by atomic mass is 10.0. The van der Waals surface area contributed by atoms with Crippen molar-refractivity contribution in [3.05, 3.63) is 23.3 Å². The van der Waals surface area contributed by atoms with Crippen LogP contribution < -0.4 is 10.5 Å². The zero-order valence-corrected chi connectivity index (χ0v) is 10.7. The Morgan fingerprint density at radius 2 is 1.94 bits per heavy atom. The van der Waals surface area contributed by atoms with E-state index >= 15 is 0 Å². The quantitative estimate of drug-likeness (QED) is 0.587. The molecule has 0 unspecified atom stereocenters. The first-order chi connectivity index (χ1) is 7.70. The van der Waals surface area contributed by atoms with Crippen LogP contribution in [0.3, 0.4) is 0 Å². The molecule has 2 heteroatoms. The van der Waals surface area contributed by atoms with Crippen LogP contribution in [-0.2, 0) is 6.42 Å². The molecule has 2 nitrogen and oxygen atoms in total. The normalized spacial score (nSPS) is 10.4. The maximum Gasteiger partial charge on any atom is 0.127 e. The van der Waals surface area contributed by atoms with Gasteiger partial charge in [0.1, 0.15) is 5.75 Å². The van der Waals surface area contributed by atoms with Crippen LogP contribution in [-0.4, -0.2) is 6.61 Å². The minimum atomic E-state index is 0.699. The number of ether oxygens (including phenoxy) is 1. The predicted octanol–water partition coefficient (Wildman–Crippen LogP) is 3.71. The van der Waals surface area contributed by atoms with E-state index in [0.29, 0.717) is 6.61 Å². The molecule has 0 aliphatic carbocycles. The minimum absolute atomic E-state index is 0.699. The molecule has 0 amide bonds. The highest BCUT2D eigenvalue weighted by molar-refractivity contribution is 5.57. The van der Waals surface area contributed by atoms with E-state index in [1.807, 2.05) is 19.1 Å². The van der Waals surface area contributed by atoms with Crippen molar-refractivity contribution in [2.24, 2.45) is 0 Å². The third-order valence-electron chi connectivity index (χ3n) is 2.81. The topological polar surface area (TPSA) is 35.2 Å². The van der Waals surface area contributed by atoms with Gasteiger partial charge in [-0.2, -0.15) is 0 Å². The van der Waals surface area contributed by atoms with Gasteiger partial charge in [-0.1, -0.05) is 25.8 Å². The summed E-state index contributed by atoms with van der Waals surface area (Å²) in [6.45, 7) is 7.00. The molecule has 0 saturated heterocycles. The fourth-order valence-electron chi connectivity index (χ4n) is 1.92. The van der Waals surface area contributed by atoms with E-state index < -0.39 is 0 Å². The highest BCUT2D eigenvalue weighted by Gasteiger charge is 2.10. The van der Waals surface area contributed by atoms with Crippen LogP contribution in [0.4, 0.5) is 5.69 Å². The molecule has 0 atom stereocenters. The Bertz CT molecular complexity index is 334. The van der Waals surface area contributed by atoms with Crippen molar-refractivity contribution < 1.29 is 4.74 Å². The number of rotatable bonds is 6. The van der Waals surface area contributed by atoms with Crippen LogP contribution in [0, 0.1) is 6.92 Å². The van der Waals surface area contributed by atoms with Crippen molar-refractivity contribution in [2.45, 2.75) is 46.5 Å². The summed E-state index contributed by atoms with van der Waals surface area (Å²) in [5, 5.41) is 0. The van der Waals surface area contributed by atoms with Crippen LogP contribution in [0.5, 0.6) is 5.75 Å². The molecule has 0 heterocycles. The fraction of sp³-hybridized carbons (Fsp3) is 0.571. The molecule has 16 heavy (non-hydrogen) atoms. The summed E-state index contributed by atoms with van der Waals surface area (Å²) in [5.74, 6) is 0.999. The number of anilines is 1. The van der Waals surface area contributed by atoms with Crippen LogP contribution in [0.25, 0.3) is 0 Å². The molecule has 1 aromatic rings. The maximum atomic E-state index is 6.02. The zero-order valence-electron chi connectivity index (χ0n) is 10.7. The van der Waals surface area contributed by atoms with Gasteiger partial charge < -0.3 is 10.5 Å². The molecule has 0 aliphatic heterocycles. The Morgan fingerprint density at radius 1 is 1.19 bits per heavy atom. The molecule has 0 fully saturated rings. The second-order valence-electron chi connectivity index (χ2n) is 4.17. The van der Waals surface area contributed by atoms with Gasteiger partial charge in [0.15, 0.2) is 0 Å². The Hall–Kier alpha value is -1.18. The number of aryl methyl sites for hydroxylation is 1. The maximum absolute atomic E-state index is 6.02. The molecule has 2 N–H and O–H groups in total. The molecule has 0 radical (unpaired) electrons. The highest BCUT2D eigenvalue weighted by atomic mass is 16.5. The van der Waals surface area contributed by atoms with Crippen molar-refractivity contribution in [1.82, 2.24) is 0 Å². The van der Waals surface area contributed by atoms with Gasteiger partial charge in [0.25, 0.3) is 0 Å². The Balaban J connectivity index is 2.89. The van der Waals surface area contributed by atoms with Crippen molar-refractivity contribution in [3.8, 4) is 5.75 Å². The first kappa shape index (κ1) is 12.9. The monoisotopic (exact) mass is 221 g/mol. The highest BCUT2D eigenvalue weighted by Crippen LogP contribution is 2.30. The molecule has 0 saturated carbocycles. The fourth-order valence-corrected chi connectivity index (χ4v) is 1.92. The smallest absolute Gasteiger partial charge is 0.127 e. The van der Waals surface area contributed by atoms with Crippen LogP contribution >= 0.6 is 0 Å². The van der Waals surface area contributed by atoms with Gasteiger partial charge in [-0.25, -0.2) is 0 Å². The van der Waals surface area contributed by atoms with Gasteiger partial charge in [-0.3, -0.25) is 0 Å². The van der Waals surface area contributed by atoms with Crippen molar-refractivity contribution in [2.75, 3.05) is 12.3 Å². The molecular formula is C14H23NO. The van der Waals surface area contributed by atoms with E-state index in [1.165, 1.54) is 30.4 Å². The Kier molecular flexibility index (Phi) is 5.17. The molecule has 0 aromatic heterocycles. The van der Waals surface area contributed by atoms with E-state index in [-0.39, 0.29) is 0 Å². The van der Waals surface area contributed by atoms with Crippen LogP contribution in [0.2, 0.25) is 0 Å². The predicted molar refractivity (Wildman–Crippen MR) is 70.0 cm³/mol. The van der Waals surface area contributed by atoms with Gasteiger partial charge in [0.2, 0.25) is 0 Å². The molecule has 0 spiro atoms. The van der Waals surface area contributed by atoms with E-state index in [4.69, 9.17) is 10.5 Å². The standard InChI is InChI=1S/C14H23NO/c1-4-6-7-8-12-13(15)10-9-11(3)14(12)16-5-2/h9-10H,4-8,15H2,1-3H3. The number of nitrogen functional groups attached to an aromatic ring is 1. The molecule has 0 aliphatic rings. The van der Waals surface area contributed by atoms with Gasteiger partial charge in [-0.15, -0.1) is 0 Å². The van der Waals surface area contributed by atoms with E-state index in [9.17, 15) is 0 Å². The molecule has 0 bridgehead atoms. The Morgan fingerprint density at radius 3 is 2.56 bits per heavy atom. The summed E-state index contributed by atoms with van der Waals surface area (Å²) in [4.78, 5) is 0. The lowest BCUT2D eigenvalue weighted by Crippen LogP contribution is -2.03. The third-order valence-corrected chi connectivity index (χ3v) is 2.81. The molecular weight excluding hydrogens is 198 g/mol. The number of unbranched alkanes of at least 4 members (excludes halogenated alkanes) is 2. The Labute approximate surface area is 98.8 Å². The average molecular weight is 221 g/mol. The largest absolute Gasteiger partial charge is 0.493 e. The van der Waals surface area contributed by atoms with Crippen molar-refractivity contribution in [1.29, 1.82) is 0 Å². The first-order valence-corrected chi connectivity index (χ1v) is 6.21. The molecule has 1 rings (SSSR count). The second kappa shape index (κ2) is 6.41. The van der Waals surface area contributed by atoms with Crippen molar-refractivity contribution in [3.63, 3.8) is 0 Å². The SMILES string of the molecule is CCCCCc1c(N)ccc(C)c1OCC. The van der Waals surface area contributed by atoms with E-state index in [0.717, 1.165) is 17.9 Å². The first-order valence-electron chi connectivity index (χ1n) is 6.21. The molecule has 1 aromatic carbocycles. The van der Waals surface area contributed by atoms with E-state index in [1.54, 1.807) is 0 Å². The summed E-state index contributed by atoms with van der Waals surface area (Å²) in [7, 11) is 0. The number of nitrogens with two attached hydrogens (primary N) is 1. The second-order valence-corrected chi connectivity index (χ2v) is 4.17. The minimum Gasteiger partial charge on any atom is -0.493 e. The lowest BCUT2D eigenvalue weighted by molar-refractivity contribution is 0.334. The number of hydrogen-bond acceptors (Lipinski definition) is 2. The van der Waals surface area contributed by atoms with Crippen LogP contribution in [0.15, 0.2) is 12.1 Å². The summed E-state index contributed by atoms with van der Waals surface area (Å²) in [6.07, 6.45) is 4.69. The molecule has 90 valence electrons. The summed E-state index contributed by atoms with van der Waals surface area (Å²) < 4.78 is 5.70. The van der Waals surface area contributed by atoms with Gasteiger partial charge in [0.05, 0.1) is 6.61 Å². The van der Waals surface area contributed by atoms with Gasteiger partial charge in [0, 0.05) is 11.3 Å². The van der Waals surface area contributed by atoms with Crippen LogP contribution in [0.1, 0.15) is 44.2 Å². The summed E-state index contributed by atoms with van der Waals surface area (Å²) in [5.41, 5.74) is 9.26. The number of benzene rings is 1. The summed E-state index contributed by atoms with van der Waals surface area (Å²) >= 11 is 0. The van der Waals surface area contributed by atoms with Crippen molar-refractivity contribution >= 4 is 5.69 Å².